The summed E-state index contributed by atoms with van der Waals surface area (Å²) in [5.74, 6) is 0. The van der Waals surface area contributed by atoms with Gasteiger partial charge in [-0.15, -0.1) is 0 Å². The molecule has 0 saturated carbocycles. The lowest BCUT2D eigenvalue weighted by Gasteiger charge is -2.05. The fraction of sp³-hybridized carbons (Fsp3) is 0.231. The Morgan fingerprint density at radius 3 is 2.42 bits per heavy atom. The van der Waals surface area contributed by atoms with Crippen molar-refractivity contribution in [2.45, 2.75) is 18.0 Å². The monoisotopic (exact) mass is 277 g/mol. The van der Waals surface area contributed by atoms with E-state index in [0.29, 0.717) is 18.0 Å². The quantitative estimate of drug-likeness (QED) is 0.888. The molecule has 6 heteroatoms. The second kappa shape index (κ2) is 5.90. The molecule has 2 rings (SSSR count). The summed E-state index contributed by atoms with van der Waals surface area (Å²) in [6.07, 6.45) is 4.41. The van der Waals surface area contributed by atoms with Gasteiger partial charge in [-0.3, -0.25) is 0 Å². The zero-order chi connectivity index (χ0) is 13.7. The van der Waals surface area contributed by atoms with Crippen molar-refractivity contribution in [1.82, 2.24) is 15.3 Å². The molecule has 2 aromatic rings. The molecule has 0 atom stereocenters. The molecule has 5 nitrogen and oxygen atoms in total. The van der Waals surface area contributed by atoms with Crippen LogP contribution in [0.5, 0.6) is 0 Å². The first kappa shape index (κ1) is 13.6. The van der Waals surface area contributed by atoms with Gasteiger partial charge < -0.3 is 5.32 Å². The number of nitrogens with one attached hydrogen (secondary N) is 1. The van der Waals surface area contributed by atoms with Gasteiger partial charge >= 0.3 is 0 Å². The molecule has 100 valence electrons. The number of nitrogens with zero attached hydrogens (tertiary/aromatic N) is 2. The van der Waals surface area contributed by atoms with E-state index < -0.39 is 9.84 Å². The fourth-order valence-corrected chi connectivity index (χ4v) is 2.24. The molecule has 0 unspecified atom stereocenters. The first-order valence-electron chi connectivity index (χ1n) is 5.80. The summed E-state index contributed by atoms with van der Waals surface area (Å²) in [6, 6.07) is 8.71. The Labute approximate surface area is 112 Å². The molecule has 0 bridgehead atoms. The minimum Gasteiger partial charge on any atom is -0.307 e. The molecular weight excluding hydrogens is 262 g/mol. The topological polar surface area (TPSA) is 72.0 Å². The van der Waals surface area contributed by atoms with Crippen LogP contribution in [0.2, 0.25) is 0 Å². The molecule has 0 fully saturated rings. The Morgan fingerprint density at radius 2 is 1.84 bits per heavy atom. The van der Waals surface area contributed by atoms with Gasteiger partial charge in [0.15, 0.2) is 9.84 Å². The van der Waals surface area contributed by atoms with Crippen LogP contribution in [-0.4, -0.2) is 24.6 Å². The average molecular weight is 277 g/mol. The maximum Gasteiger partial charge on any atom is 0.175 e. The van der Waals surface area contributed by atoms with E-state index in [9.17, 15) is 8.42 Å². The van der Waals surface area contributed by atoms with E-state index >= 15 is 0 Å². The highest BCUT2D eigenvalue weighted by atomic mass is 32.2. The van der Waals surface area contributed by atoms with Crippen molar-refractivity contribution in [3.05, 3.63) is 54.1 Å². The Hall–Kier alpha value is -1.79. The van der Waals surface area contributed by atoms with E-state index in [1.54, 1.807) is 18.3 Å². The minimum absolute atomic E-state index is 0.340. The predicted octanol–water partition coefficient (Wildman–Crippen LogP) is 1.17. The minimum atomic E-state index is -3.12. The van der Waals surface area contributed by atoms with Crippen LogP contribution in [-0.2, 0) is 22.9 Å². The van der Waals surface area contributed by atoms with Crippen molar-refractivity contribution in [3.8, 4) is 0 Å². The van der Waals surface area contributed by atoms with Crippen molar-refractivity contribution < 1.29 is 8.42 Å². The van der Waals surface area contributed by atoms with Crippen LogP contribution in [0.15, 0.2) is 47.8 Å². The Kier molecular flexibility index (Phi) is 4.24. The number of rotatable bonds is 5. The highest BCUT2D eigenvalue weighted by Crippen LogP contribution is 2.10. The highest BCUT2D eigenvalue weighted by molar-refractivity contribution is 7.90. The zero-order valence-corrected chi connectivity index (χ0v) is 11.4. The maximum absolute atomic E-state index is 11.3. The number of hydrogen-bond donors (Lipinski definition) is 1. The lowest BCUT2D eigenvalue weighted by Crippen LogP contribution is -2.13. The van der Waals surface area contributed by atoms with E-state index in [0.717, 1.165) is 11.3 Å². The third kappa shape index (κ3) is 4.11. The van der Waals surface area contributed by atoms with Gasteiger partial charge in [0.2, 0.25) is 0 Å². The van der Waals surface area contributed by atoms with Crippen molar-refractivity contribution in [3.63, 3.8) is 0 Å². The van der Waals surface area contributed by atoms with Crippen LogP contribution in [0.4, 0.5) is 0 Å². The van der Waals surface area contributed by atoms with Gasteiger partial charge in [-0.05, 0) is 23.8 Å². The van der Waals surface area contributed by atoms with Crippen molar-refractivity contribution in [1.29, 1.82) is 0 Å². The van der Waals surface area contributed by atoms with E-state index in [-0.39, 0.29) is 0 Å². The summed E-state index contributed by atoms with van der Waals surface area (Å²) >= 11 is 0. The van der Waals surface area contributed by atoms with Gasteiger partial charge in [-0.2, -0.15) is 0 Å². The van der Waals surface area contributed by atoms with E-state index in [4.69, 9.17) is 0 Å². The number of sulfone groups is 1. The lowest BCUT2D eigenvalue weighted by atomic mass is 10.2. The van der Waals surface area contributed by atoms with Crippen LogP contribution in [0, 0.1) is 0 Å². The maximum atomic E-state index is 11.3. The summed E-state index contributed by atoms with van der Waals surface area (Å²) in [7, 11) is -3.12. The van der Waals surface area contributed by atoms with Crippen LogP contribution in [0.25, 0.3) is 0 Å². The van der Waals surface area contributed by atoms with Crippen LogP contribution in [0.1, 0.15) is 11.3 Å². The Balaban J connectivity index is 1.90. The summed E-state index contributed by atoms with van der Waals surface area (Å²) in [5, 5.41) is 3.24. The fourth-order valence-electron chi connectivity index (χ4n) is 1.61. The van der Waals surface area contributed by atoms with E-state index in [2.05, 4.69) is 15.3 Å². The molecule has 1 aromatic heterocycles. The van der Waals surface area contributed by atoms with E-state index in [1.807, 2.05) is 18.2 Å². The molecule has 0 saturated heterocycles. The number of aromatic nitrogens is 2. The molecule has 1 aromatic carbocycles. The summed E-state index contributed by atoms with van der Waals surface area (Å²) < 4.78 is 22.6. The molecule has 0 aliphatic heterocycles. The summed E-state index contributed by atoms with van der Waals surface area (Å²) in [4.78, 5) is 8.29. The lowest BCUT2D eigenvalue weighted by molar-refractivity contribution is 0.602. The van der Waals surface area contributed by atoms with E-state index in [1.165, 1.54) is 12.6 Å². The molecule has 0 radical (unpaired) electrons. The largest absolute Gasteiger partial charge is 0.307 e. The summed E-state index contributed by atoms with van der Waals surface area (Å²) in [6.45, 7) is 1.31. The number of benzene rings is 1. The molecule has 0 spiro atoms. The molecule has 19 heavy (non-hydrogen) atoms. The molecule has 0 amide bonds. The molecule has 1 heterocycles. The highest BCUT2D eigenvalue weighted by Gasteiger charge is 2.05. The van der Waals surface area contributed by atoms with Crippen LogP contribution < -0.4 is 5.32 Å². The summed E-state index contributed by atoms with van der Waals surface area (Å²) in [5.41, 5.74) is 1.95. The average Bonchev–Trinajstić information content (AvgIpc) is 2.39. The normalized spacial score (nSPS) is 11.4. The van der Waals surface area contributed by atoms with Gasteiger partial charge in [0.1, 0.15) is 6.33 Å². The van der Waals surface area contributed by atoms with Crippen LogP contribution in [0.3, 0.4) is 0 Å². The van der Waals surface area contributed by atoms with Gasteiger partial charge in [-0.25, -0.2) is 18.4 Å². The van der Waals surface area contributed by atoms with Gasteiger partial charge in [-0.1, -0.05) is 12.1 Å². The SMILES string of the molecule is CS(=O)(=O)c1ccc(CNCc2ccncn2)cc1. The predicted molar refractivity (Wildman–Crippen MR) is 72.1 cm³/mol. The smallest absolute Gasteiger partial charge is 0.175 e. The molecule has 1 N–H and O–H groups in total. The first-order valence-corrected chi connectivity index (χ1v) is 7.69. The van der Waals surface area contributed by atoms with Crippen molar-refractivity contribution in [2.75, 3.05) is 6.26 Å². The standard InChI is InChI=1S/C13H15N3O2S/c1-19(17,18)13-4-2-11(3-5-13)8-15-9-12-6-7-14-10-16-12/h2-7,10,15H,8-9H2,1H3. The van der Waals surface area contributed by atoms with Gasteiger partial charge in [0, 0.05) is 25.5 Å². The Morgan fingerprint density at radius 1 is 1.11 bits per heavy atom. The first-order chi connectivity index (χ1) is 9.05. The molecule has 0 aliphatic carbocycles. The second-order valence-corrected chi connectivity index (χ2v) is 6.24. The van der Waals surface area contributed by atoms with Crippen molar-refractivity contribution >= 4 is 9.84 Å². The number of hydrogen-bond acceptors (Lipinski definition) is 5. The Bertz CT molecular complexity index is 625. The molecule has 0 aliphatic rings. The molecular formula is C13H15N3O2S. The third-order valence-electron chi connectivity index (χ3n) is 2.63. The van der Waals surface area contributed by atoms with Gasteiger partial charge in [0.25, 0.3) is 0 Å². The van der Waals surface area contributed by atoms with Gasteiger partial charge in [0.05, 0.1) is 10.6 Å². The van der Waals surface area contributed by atoms with Crippen LogP contribution >= 0.6 is 0 Å². The van der Waals surface area contributed by atoms with Crippen molar-refractivity contribution in [2.24, 2.45) is 0 Å². The third-order valence-corrected chi connectivity index (χ3v) is 3.76. The second-order valence-electron chi connectivity index (χ2n) is 4.22. The zero-order valence-electron chi connectivity index (χ0n) is 10.6.